The van der Waals surface area contributed by atoms with Crippen molar-refractivity contribution in [1.82, 2.24) is 0 Å². The Bertz CT molecular complexity index is 624. The third kappa shape index (κ3) is 2.42. The molecule has 0 amide bonds. The predicted octanol–water partition coefficient (Wildman–Crippen LogP) is 3.36. The smallest absolute Gasteiger partial charge is 0.206 e. The lowest BCUT2D eigenvalue weighted by Crippen LogP contribution is -2.36. The van der Waals surface area contributed by atoms with Gasteiger partial charge >= 0.3 is 0 Å². The Morgan fingerprint density at radius 2 is 1.89 bits per heavy atom. The van der Waals surface area contributed by atoms with E-state index in [1.807, 2.05) is 18.2 Å². The Balaban J connectivity index is 1.83. The summed E-state index contributed by atoms with van der Waals surface area (Å²) >= 11 is 5.88. The van der Waals surface area contributed by atoms with Gasteiger partial charge in [0.1, 0.15) is 6.61 Å². The number of ketones is 1. The molecule has 0 N–H and O–H groups in total. The molecule has 2 aromatic carbocycles. The Morgan fingerprint density at radius 3 is 2.68 bits per heavy atom. The van der Waals surface area contributed by atoms with Crippen molar-refractivity contribution in [1.29, 1.82) is 0 Å². The van der Waals surface area contributed by atoms with E-state index in [0.717, 1.165) is 0 Å². The number of halogens is 1. The Labute approximate surface area is 115 Å². The highest BCUT2D eigenvalue weighted by molar-refractivity contribution is 6.31. The van der Waals surface area contributed by atoms with Crippen LogP contribution in [0.5, 0.6) is 11.5 Å². The van der Waals surface area contributed by atoms with Crippen LogP contribution < -0.4 is 9.47 Å². The summed E-state index contributed by atoms with van der Waals surface area (Å²) in [7, 11) is 0. The number of hydrogen-bond donors (Lipinski definition) is 0. The van der Waals surface area contributed by atoms with Gasteiger partial charge in [-0.1, -0.05) is 35.9 Å². The molecule has 0 fully saturated rings. The summed E-state index contributed by atoms with van der Waals surface area (Å²) in [5, 5.41) is 0.531. The van der Waals surface area contributed by atoms with Gasteiger partial charge in [0.2, 0.25) is 5.78 Å². The van der Waals surface area contributed by atoms with Gasteiger partial charge in [0.25, 0.3) is 0 Å². The molecule has 0 aliphatic carbocycles. The van der Waals surface area contributed by atoms with E-state index in [2.05, 4.69) is 0 Å². The second-order valence-corrected chi connectivity index (χ2v) is 4.68. The molecule has 0 spiro atoms. The summed E-state index contributed by atoms with van der Waals surface area (Å²) in [4.78, 5) is 12.3. The second-order valence-electron chi connectivity index (χ2n) is 4.24. The molecule has 1 heterocycles. The van der Waals surface area contributed by atoms with Crippen LogP contribution in [-0.4, -0.2) is 18.5 Å². The molecule has 0 aromatic heterocycles. The lowest BCUT2D eigenvalue weighted by atomic mass is 10.1. The van der Waals surface area contributed by atoms with E-state index in [9.17, 15) is 4.79 Å². The Kier molecular flexibility index (Phi) is 3.13. The van der Waals surface area contributed by atoms with Crippen LogP contribution in [0.1, 0.15) is 10.4 Å². The quantitative estimate of drug-likeness (QED) is 0.788. The van der Waals surface area contributed by atoms with Gasteiger partial charge in [0.05, 0.1) is 0 Å². The zero-order chi connectivity index (χ0) is 13.2. The molecule has 3 nitrogen and oxygen atoms in total. The van der Waals surface area contributed by atoms with Crippen molar-refractivity contribution in [2.24, 2.45) is 0 Å². The number of fused-ring (bicyclic) bond motifs is 1. The molecule has 0 saturated heterocycles. The van der Waals surface area contributed by atoms with Gasteiger partial charge in [0, 0.05) is 10.6 Å². The summed E-state index contributed by atoms with van der Waals surface area (Å²) in [6.45, 7) is 0.211. The summed E-state index contributed by atoms with van der Waals surface area (Å²) < 4.78 is 11.2. The lowest BCUT2D eigenvalue weighted by Gasteiger charge is -2.25. The normalized spacial score (nSPS) is 17.0. The zero-order valence-electron chi connectivity index (χ0n) is 10.0. The predicted molar refractivity (Wildman–Crippen MR) is 72.1 cm³/mol. The molecule has 0 saturated carbocycles. The maximum absolute atomic E-state index is 12.3. The molecule has 0 radical (unpaired) electrons. The molecular formula is C15H11ClO3. The maximum atomic E-state index is 12.3. The maximum Gasteiger partial charge on any atom is 0.206 e. The van der Waals surface area contributed by atoms with Gasteiger partial charge in [-0.25, -0.2) is 0 Å². The zero-order valence-corrected chi connectivity index (χ0v) is 10.8. The molecular weight excluding hydrogens is 264 g/mol. The SMILES string of the molecule is O=C(c1cccc(Cl)c1)C1COc2ccccc2O1. The van der Waals surface area contributed by atoms with Crippen LogP contribution in [0.3, 0.4) is 0 Å². The van der Waals surface area contributed by atoms with E-state index in [1.165, 1.54) is 0 Å². The standard InChI is InChI=1S/C15H11ClO3/c16-11-5-3-4-10(8-11)15(17)14-9-18-12-6-1-2-7-13(12)19-14/h1-8,14H,9H2. The van der Waals surface area contributed by atoms with Gasteiger partial charge in [-0.05, 0) is 24.3 Å². The molecule has 3 rings (SSSR count). The fourth-order valence-electron chi connectivity index (χ4n) is 1.98. The van der Waals surface area contributed by atoms with Crippen LogP contribution >= 0.6 is 11.6 Å². The van der Waals surface area contributed by atoms with Crippen LogP contribution in [0, 0.1) is 0 Å². The van der Waals surface area contributed by atoms with Crippen LogP contribution in [0.2, 0.25) is 5.02 Å². The first-order chi connectivity index (χ1) is 9.24. The summed E-state index contributed by atoms with van der Waals surface area (Å²) in [5.41, 5.74) is 0.528. The number of rotatable bonds is 2. The van der Waals surface area contributed by atoms with Crippen LogP contribution in [-0.2, 0) is 0 Å². The first kappa shape index (κ1) is 12.1. The molecule has 1 unspecified atom stereocenters. The Morgan fingerprint density at radius 1 is 1.11 bits per heavy atom. The largest absolute Gasteiger partial charge is 0.485 e. The van der Waals surface area contributed by atoms with Gasteiger partial charge < -0.3 is 9.47 Å². The van der Waals surface area contributed by atoms with Crippen molar-refractivity contribution < 1.29 is 14.3 Å². The van der Waals surface area contributed by atoms with Crippen molar-refractivity contribution in [3.63, 3.8) is 0 Å². The summed E-state index contributed by atoms with van der Waals surface area (Å²) in [6.07, 6.45) is -0.631. The molecule has 0 bridgehead atoms. The highest BCUT2D eigenvalue weighted by Crippen LogP contribution is 2.31. The molecule has 1 aliphatic rings. The highest BCUT2D eigenvalue weighted by Gasteiger charge is 2.28. The summed E-state index contributed by atoms with van der Waals surface area (Å²) in [5.74, 6) is 1.13. The topological polar surface area (TPSA) is 35.5 Å². The fraction of sp³-hybridized carbons (Fsp3) is 0.133. The number of ether oxygens (including phenoxy) is 2. The van der Waals surface area contributed by atoms with E-state index in [0.29, 0.717) is 22.1 Å². The Hall–Kier alpha value is -2.00. The van der Waals surface area contributed by atoms with E-state index >= 15 is 0 Å². The molecule has 2 aromatic rings. The lowest BCUT2D eigenvalue weighted by molar-refractivity contribution is 0.0586. The van der Waals surface area contributed by atoms with Crippen molar-refractivity contribution in [3.8, 4) is 11.5 Å². The third-order valence-corrected chi connectivity index (χ3v) is 3.15. The van der Waals surface area contributed by atoms with E-state index in [4.69, 9.17) is 21.1 Å². The van der Waals surface area contributed by atoms with Crippen molar-refractivity contribution in [2.75, 3.05) is 6.61 Å². The minimum absolute atomic E-state index is 0.128. The third-order valence-electron chi connectivity index (χ3n) is 2.91. The average Bonchev–Trinajstić information content (AvgIpc) is 2.46. The van der Waals surface area contributed by atoms with E-state index in [1.54, 1.807) is 30.3 Å². The second kappa shape index (κ2) is 4.94. The van der Waals surface area contributed by atoms with Crippen LogP contribution in [0.4, 0.5) is 0 Å². The number of carbonyl (C=O) groups excluding carboxylic acids is 1. The number of Topliss-reactive ketones (excluding diaryl/α,β-unsaturated/α-hetero) is 1. The average molecular weight is 275 g/mol. The van der Waals surface area contributed by atoms with Crippen molar-refractivity contribution in [2.45, 2.75) is 6.10 Å². The number of hydrogen-bond acceptors (Lipinski definition) is 3. The number of benzene rings is 2. The summed E-state index contributed by atoms with van der Waals surface area (Å²) in [6, 6.07) is 14.1. The molecule has 19 heavy (non-hydrogen) atoms. The van der Waals surface area contributed by atoms with Crippen molar-refractivity contribution in [3.05, 3.63) is 59.1 Å². The minimum atomic E-state index is -0.631. The fourth-order valence-corrected chi connectivity index (χ4v) is 2.17. The minimum Gasteiger partial charge on any atom is -0.485 e. The van der Waals surface area contributed by atoms with Crippen LogP contribution in [0.25, 0.3) is 0 Å². The number of para-hydroxylation sites is 2. The first-order valence-electron chi connectivity index (χ1n) is 5.92. The molecule has 1 atom stereocenters. The van der Waals surface area contributed by atoms with Gasteiger partial charge in [0.15, 0.2) is 17.6 Å². The van der Waals surface area contributed by atoms with Gasteiger partial charge in [-0.15, -0.1) is 0 Å². The van der Waals surface area contributed by atoms with E-state index in [-0.39, 0.29) is 12.4 Å². The van der Waals surface area contributed by atoms with E-state index < -0.39 is 6.10 Å². The van der Waals surface area contributed by atoms with Gasteiger partial charge in [-0.3, -0.25) is 4.79 Å². The number of carbonyl (C=O) groups is 1. The molecule has 96 valence electrons. The van der Waals surface area contributed by atoms with Crippen LogP contribution in [0.15, 0.2) is 48.5 Å². The monoisotopic (exact) mass is 274 g/mol. The molecule has 1 aliphatic heterocycles. The first-order valence-corrected chi connectivity index (χ1v) is 6.30. The van der Waals surface area contributed by atoms with Gasteiger partial charge in [-0.2, -0.15) is 0 Å². The highest BCUT2D eigenvalue weighted by atomic mass is 35.5. The van der Waals surface area contributed by atoms with Crippen molar-refractivity contribution >= 4 is 17.4 Å². The molecule has 4 heteroatoms.